The van der Waals surface area contributed by atoms with E-state index in [1.807, 2.05) is 37.3 Å². The third-order valence-electron chi connectivity index (χ3n) is 4.17. The van der Waals surface area contributed by atoms with Gasteiger partial charge in [-0.05, 0) is 31.7 Å². The van der Waals surface area contributed by atoms with Gasteiger partial charge in [-0.25, -0.2) is 0 Å². The van der Waals surface area contributed by atoms with Crippen molar-refractivity contribution in [2.75, 3.05) is 20.3 Å². The van der Waals surface area contributed by atoms with Gasteiger partial charge in [0.2, 0.25) is 0 Å². The number of aliphatic hydroxyl groups is 1. The van der Waals surface area contributed by atoms with Gasteiger partial charge < -0.3 is 19.9 Å². The predicted molar refractivity (Wildman–Crippen MR) is 83.3 cm³/mol. The van der Waals surface area contributed by atoms with Crippen LogP contribution < -0.4 is 5.32 Å². The molecule has 4 unspecified atom stereocenters. The number of hydrogen-bond acceptors (Lipinski definition) is 4. The Morgan fingerprint density at radius 2 is 2.05 bits per heavy atom. The average molecular weight is 293 g/mol. The lowest BCUT2D eigenvalue weighted by Gasteiger charge is -2.19. The van der Waals surface area contributed by atoms with Crippen molar-refractivity contribution >= 4 is 0 Å². The Kier molecular flexibility index (Phi) is 6.64. The van der Waals surface area contributed by atoms with Gasteiger partial charge in [-0.15, -0.1) is 0 Å². The van der Waals surface area contributed by atoms with Crippen molar-refractivity contribution in [3.05, 3.63) is 35.9 Å². The number of benzene rings is 1. The molecule has 0 aliphatic heterocycles. The Balaban J connectivity index is 1.62. The lowest BCUT2D eigenvalue weighted by Crippen LogP contribution is -2.36. The molecule has 0 heterocycles. The SMILES string of the molecule is COC1CCC(NCC(O)COC(C)c2ccccc2)C1. The molecular weight excluding hydrogens is 266 g/mol. The summed E-state index contributed by atoms with van der Waals surface area (Å²) in [5, 5.41) is 13.4. The van der Waals surface area contributed by atoms with Gasteiger partial charge in [-0.3, -0.25) is 0 Å². The second-order valence-corrected chi connectivity index (χ2v) is 5.82. The lowest BCUT2D eigenvalue weighted by molar-refractivity contribution is -0.00301. The van der Waals surface area contributed by atoms with Crippen molar-refractivity contribution in [3.63, 3.8) is 0 Å². The topological polar surface area (TPSA) is 50.7 Å². The van der Waals surface area contributed by atoms with Crippen LogP contribution in [-0.2, 0) is 9.47 Å². The molecule has 1 aliphatic rings. The molecule has 1 saturated carbocycles. The fourth-order valence-electron chi connectivity index (χ4n) is 2.78. The summed E-state index contributed by atoms with van der Waals surface area (Å²) >= 11 is 0. The first kappa shape index (κ1) is 16.4. The number of nitrogens with one attached hydrogen (secondary N) is 1. The zero-order valence-electron chi connectivity index (χ0n) is 13.0. The van der Waals surface area contributed by atoms with Crippen LogP contribution in [0.3, 0.4) is 0 Å². The van der Waals surface area contributed by atoms with Crippen molar-refractivity contribution in [1.82, 2.24) is 5.32 Å². The largest absolute Gasteiger partial charge is 0.389 e. The molecule has 2 N–H and O–H groups in total. The number of methoxy groups -OCH3 is 1. The van der Waals surface area contributed by atoms with Gasteiger partial charge in [-0.2, -0.15) is 0 Å². The van der Waals surface area contributed by atoms with E-state index in [2.05, 4.69) is 5.32 Å². The highest BCUT2D eigenvalue weighted by atomic mass is 16.5. The highest BCUT2D eigenvalue weighted by Crippen LogP contribution is 2.21. The number of aliphatic hydroxyl groups excluding tert-OH is 1. The van der Waals surface area contributed by atoms with Gasteiger partial charge in [0, 0.05) is 19.7 Å². The fraction of sp³-hybridized carbons (Fsp3) is 0.647. The monoisotopic (exact) mass is 293 g/mol. The van der Waals surface area contributed by atoms with E-state index < -0.39 is 6.10 Å². The van der Waals surface area contributed by atoms with Crippen molar-refractivity contribution < 1.29 is 14.6 Å². The molecular formula is C17H27NO3. The van der Waals surface area contributed by atoms with E-state index in [-0.39, 0.29) is 6.10 Å². The predicted octanol–water partition coefficient (Wildman–Crippen LogP) is 2.28. The van der Waals surface area contributed by atoms with Gasteiger partial charge in [0.05, 0.1) is 24.9 Å². The summed E-state index contributed by atoms with van der Waals surface area (Å²) in [4.78, 5) is 0. The van der Waals surface area contributed by atoms with Crippen LogP contribution in [0, 0.1) is 0 Å². The molecule has 0 saturated heterocycles. The Hall–Kier alpha value is -0.940. The molecule has 2 rings (SSSR count). The van der Waals surface area contributed by atoms with Gasteiger partial charge in [0.25, 0.3) is 0 Å². The fourth-order valence-corrected chi connectivity index (χ4v) is 2.78. The summed E-state index contributed by atoms with van der Waals surface area (Å²) in [5.41, 5.74) is 1.14. The molecule has 1 aliphatic carbocycles. The van der Waals surface area contributed by atoms with E-state index in [0.717, 1.165) is 24.8 Å². The third kappa shape index (κ3) is 5.40. The van der Waals surface area contributed by atoms with E-state index >= 15 is 0 Å². The number of ether oxygens (including phenoxy) is 2. The average Bonchev–Trinajstić information content (AvgIpc) is 2.99. The molecule has 4 nitrogen and oxygen atoms in total. The minimum Gasteiger partial charge on any atom is -0.389 e. The quantitative estimate of drug-likeness (QED) is 0.772. The van der Waals surface area contributed by atoms with Crippen molar-refractivity contribution in [2.24, 2.45) is 0 Å². The maximum atomic E-state index is 10.0. The molecule has 0 radical (unpaired) electrons. The highest BCUT2D eigenvalue weighted by Gasteiger charge is 2.24. The normalized spacial score (nSPS) is 24.9. The molecule has 1 fully saturated rings. The van der Waals surface area contributed by atoms with Crippen LogP contribution in [0.4, 0.5) is 0 Å². The Labute approximate surface area is 127 Å². The smallest absolute Gasteiger partial charge is 0.0898 e. The van der Waals surface area contributed by atoms with Crippen LogP contribution in [0.15, 0.2) is 30.3 Å². The van der Waals surface area contributed by atoms with Crippen molar-refractivity contribution in [1.29, 1.82) is 0 Å². The number of rotatable bonds is 8. The first-order chi connectivity index (χ1) is 10.2. The minimum absolute atomic E-state index is 0.00482. The molecule has 1 aromatic carbocycles. The van der Waals surface area contributed by atoms with Gasteiger partial charge in [0.15, 0.2) is 0 Å². The third-order valence-corrected chi connectivity index (χ3v) is 4.17. The highest BCUT2D eigenvalue weighted by molar-refractivity contribution is 5.16. The summed E-state index contributed by atoms with van der Waals surface area (Å²) in [6.45, 7) is 2.93. The number of hydrogen-bond donors (Lipinski definition) is 2. The van der Waals surface area contributed by atoms with Crippen LogP contribution in [0.5, 0.6) is 0 Å². The van der Waals surface area contributed by atoms with Gasteiger partial charge in [-0.1, -0.05) is 30.3 Å². The molecule has 0 amide bonds. The maximum absolute atomic E-state index is 10.0. The van der Waals surface area contributed by atoms with Crippen LogP contribution in [-0.4, -0.2) is 43.6 Å². The molecule has 4 atom stereocenters. The molecule has 0 aromatic heterocycles. The lowest BCUT2D eigenvalue weighted by atomic mass is 10.1. The maximum Gasteiger partial charge on any atom is 0.0898 e. The summed E-state index contributed by atoms with van der Waals surface area (Å²) < 4.78 is 11.1. The van der Waals surface area contributed by atoms with E-state index in [9.17, 15) is 5.11 Å². The first-order valence-electron chi connectivity index (χ1n) is 7.79. The molecule has 4 heteroatoms. The standard InChI is InChI=1S/C17H27NO3/c1-13(14-6-4-3-5-7-14)21-12-16(19)11-18-15-8-9-17(10-15)20-2/h3-7,13,15-19H,8-12H2,1-2H3. The van der Waals surface area contributed by atoms with Gasteiger partial charge in [0.1, 0.15) is 0 Å². The summed E-state index contributed by atoms with van der Waals surface area (Å²) in [6, 6.07) is 10.5. The Bertz CT molecular complexity index is 398. The molecule has 0 spiro atoms. The molecule has 21 heavy (non-hydrogen) atoms. The molecule has 118 valence electrons. The summed E-state index contributed by atoms with van der Waals surface area (Å²) in [5.74, 6) is 0. The second-order valence-electron chi connectivity index (χ2n) is 5.82. The Morgan fingerprint density at radius 1 is 1.29 bits per heavy atom. The zero-order valence-corrected chi connectivity index (χ0v) is 13.0. The van der Waals surface area contributed by atoms with Crippen molar-refractivity contribution in [3.8, 4) is 0 Å². The van der Waals surface area contributed by atoms with E-state index in [0.29, 0.717) is 25.3 Å². The van der Waals surface area contributed by atoms with Crippen molar-refractivity contribution in [2.45, 2.75) is 50.5 Å². The van der Waals surface area contributed by atoms with E-state index in [4.69, 9.17) is 9.47 Å². The van der Waals surface area contributed by atoms with Crippen LogP contribution in [0.25, 0.3) is 0 Å². The van der Waals surface area contributed by atoms with E-state index in [1.54, 1.807) is 7.11 Å². The van der Waals surface area contributed by atoms with Crippen LogP contribution >= 0.6 is 0 Å². The zero-order chi connectivity index (χ0) is 15.1. The van der Waals surface area contributed by atoms with Gasteiger partial charge >= 0.3 is 0 Å². The Morgan fingerprint density at radius 3 is 2.71 bits per heavy atom. The summed E-state index contributed by atoms with van der Waals surface area (Å²) in [7, 11) is 1.76. The van der Waals surface area contributed by atoms with E-state index in [1.165, 1.54) is 0 Å². The first-order valence-corrected chi connectivity index (χ1v) is 7.79. The second kappa shape index (κ2) is 8.49. The molecule has 1 aromatic rings. The minimum atomic E-state index is -0.474. The molecule has 0 bridgehead atoms. The summed E-state index contributed by atoms with van der Waals surface area (Å²) in [6.07, 6.45) is 3.15. The van der Waals surface area contributed by atoms with Crippen LogP contribution in [0.2, 0.25) is 0 Å². The van der Waals surface area contributed by atoms with Crippen LogP contribution in [0.1, 0.15) is 37.9 Å².